The number of likely N-dealkylation sites (tertiary alicyclic amines) is 1. The van der Waals surface area contributed by atoms with E-state index in [-0.39, 0.29) is 0 Å². The first-order chi connectivity index (χ1) is 10.3. The zero-order valence-electron chi connectivity index (χ0n) is 12.6. The standard InChI is InChI=1S/C17H24N2OS/c20-17(9-13-3-1-2-4-13)19-11-15(12-19)18-7-5-16-14(10-18)6-8-21-16/h6,8,13,15H,1-5,7,9-12H2. The zero-order valence-corrected chi connectivity index (χ0v) is 13.4. The number of carbonyl (C=O) groups excluding carboxylic acids is 1. The summed E-state index contributed by atoms with van der Waals surface area (Å²) in [6.07, 6.45) is 7.21. The molecular formula is C17H24N2OS. The summed E-state index contributed by atoms with van der Waals surface area (Å²) < 4.78 is 0. The minimum absolute atomic E-state index is 0.409. The number of hydrogen-bond acceptors (Lipinski definition) is 3. The van der Waals surface area contributed by atoms with Crippen molar-refractivity contribution in [2.75, 3.05) is 19.6 Å². The fourth-order valence-corrected chi connectivity index (χ4v) is 4.95. The second-order valence-electron chi connectivity index (χ2n) is 6.90. The lowest BCUT2D eigenvalue weighted by molar-refractivity contribution is -0.140. The van der Waals surface area contributed by atoms with E-state index >= 15 is 0 Å². The van der Waals surface area contributed by atoms with Crippen LogP contribution in [-0.2, 0) is 17.8 Å². The Morgan fingerprint density at radius 2 is 2.10 bits per heavy atom. The fourth-order valence-electron chi connectivity index (χ4n) is 4.06. The van der Waals surface area contributed by atoms with E-state index in [9.17, 15) is 4.79 Å². The largest absolute Gasteiger partial charge is 0.339 e. The Hall–Kier alpha value is -0.870. The van der Waals surface area contributed by atoms with Gasteiger partial charge in [-0.15, -0.1) is 11.3 Å². The van der Waals surface area contributed by atoms with Crippen LogP contribution >= 0.6 is 11.3 Å². The van der Waals surface area contributed by atoms with Gasteiger partial charge in [-0.2, -0.15) is 0 Å². The number of fused-ring (bicyclic) bond motifs is 1. The van der Waals surface area contributed by atoms with Crippen molar-refractivity contribution in [3.05, 3.63) is 21.9 Å². The molecule has 0 N–H and O–H groups in total. The van der Waals surface area contributed by atoms with Gasteiger partial charge < -0.3 is 4.90 Å². The quantitative estimate of drug-likeness (QED) is 0.857. The molecule has 0 bridgehead atoms. The molecule has 0 aromatic carbocycles. The van der Waals surface area contributed by atoms with E-state index in [0.29, 0.717) is 17.9 Å². The van der Waals surface area contributed by atoms with Crippen LogP contribution in [0.3, 0.4) is 0 Å². The Bertz CT molecular complexity index is 515. The van der Waals surface area contributed by atoms with E-state index in [1.54, 1.807) is 4.88 Å². The maximum atomic E-state index is 12.3. The third kappa shape index (κ3) is 2.76. The molecule has 2 fully saturated rings. The lowest BCUT2D eigenvalue weighted by atomic mass is 9.98. The van der Waals surface area contributed by atoms with Crippen LogP contribution in [0.1, 0.15) is 42.5 Å². The monoisotopic (exact) mass is 304 g/mol. The van der Waals surface area contributed by atoms with Crippen molar-refractivity contribution in [2.45, 2.75) is 51.1 Å². The summed E-state index contributed by atoms with van der Waals surface area (Å²) in [5.41, 5.74) is 1.52. The molecule has 4 heteroatoms. The molecular weight excluding hydrogens is 280 g/mol. The van der Waals surface area contributed by atoms with Crippen molar-refractivity contribution >= 4 is 17.2 Å². The topological polar surface area (TPSA) is 23.6 Å². The summed E-state index contributed by atoms with van der Waals surface area (Å²) in [6.45, 7) is 4.19. The highest BCUT2D eigenvalue weighted by Crippen LogP contribution is 2.30. The van der Waals surface area contributed by atoms with Crippen LogP contribution in [0.25, 0.3) is 0 Å². The van der Waals surface area contributed by atoms with E-state index < -0.39 is 0 Å². The molecule has 114 valence electrons. The second-order valence-corrected chi connectivity index (χ2v) is 7.90. The van der Waals surface area contributed by atoms with Crippen LogP contribution < -0.4 is 0 Å². The first-order valence-electron chi connectivity index (χ1n) is 8.36. The fraction of sp³-hybridized carbons (Fsp3) is 0.706. The van der Waals surface area contributed by atoms with Crippen molar-refractivity contribution in [3.63, 3.8) is 0 Å². The molecule has 1 amide bonds. The molecule has 1 aromatic heterocycles. The summed E-state index contributed by atoms with van der Waals surface area (Å²) in [5.74, 6) is 1.09. The highest BCUT2D eigenvalue weighted by Gasteiger charge is 2.36. The SMILES string of the molecule is O=C(CC1CCCC1)N1CC(N2CCc3sccc3C2)C1. The van der Waals surface area contributed by atoms with Gasteiger partial charge in [-0.1, -0.05) is 12.8 Å². The van der Waals surface area contributed by atoms with Crippen molar-refractivity contribution in [1.82, 2.24) is 9.80 Å². The van der Waals surface area contributed by atoms with Gasteiger partial charge in [-0.05, 0) is 42.2 Å². The van der Waals surface area contributed by atoms with Crippen LogP contribution in [0.2, 0.25) is 0 Å². The van der Waals surface area contributed by atoms with Crippen molar-refractivity contribution in [1.29, 1.82) is 0 Å². The summed E-state index contributed by atoms with van der Waals surface area (Å²) in [4.78, 5) is 18.5. The molecule has 1 aliphatic carbocycles. The first-order valence-corrected chi connectivity index (χ1v) is 9.24. The van der Waals surface area contributed by atoms with Gasteiger partial charge in [0.05, 0.1) is 0 Å². The average molecular weight is 304 g/mol. The van der Waals surface area contributed by atoms with Crippen LogP contribution in [0.5, 0.6) is 0 Å². The highest BCUT2D eigenvalue weighted by molar-refractivity contribution is 7.10. The lowest BCUT2D eigenvalue weighted by Crippen LogP contribution is -2.61. The maximum absolute atomic E-state index is 12.3. The molecule has 3 heterocycles. The predicted molar refractivity (Wildman–Crippen MR) is 85.4 cm³/mol. The number of hydrogen-bond donors (Lipinski definition) is 0. The molecule has 1 saturated carbocycles. The molecule has 3 nitrogen and oxygen atoms in total. The van der Waals surface area contributed by atoms with Gasteiger partial charge in [0.1, 0.15) is 0 Å². The van der Waals surface area contributed by atoms with Gasteiger partial charge in [0.15, 0.2) is 0 Å². The number of nitrogens with zero attached hydrogens (tertiary/aromatic N) is 2. The Balaban J connectivity index is 1.26. The van der Waals surface area contributed by atoms with Gasteiger partial charge in [0.2, 0.25) is 5.91 Å². The maximum Gasteiger partial charge on any atom is 0.222 e. The number of amides is 1. The summed E-state index contributed by atoms with van der Waals surface area (Å²) in [6, 6.07) is 2.87. The molecule has 0 atom stereocenters. The van der Waals surface area contributed by atoms with Crippen LogP contribution in [-0.4, -0.2) is 41.4 Å². The van der Waals surface area contributed by atoms with Gasteiger partial charge >= 0.3 is 0 Å². The molecule has 0 unspecified atom stereocenters. The summed E-state index contributed by atoms with van der Waals surface area (Å²) in [5, 5.41) is 2.21. The number of thiophene rings is 1. The van der Waals surface area contributed by atoms with Gasteiger partial charge in [0.25, 0.3) is 0 Å². The molecule has 2 aliphatic heterocycles. The molecule has 21 heavy (non-hydrogen) atoms. The first kappa shape index (κ1) is 13.8. The summed E-state index contributed by atoms with van der Waals surface area (Å²) in [7, 11) is 0. The van der Waals surface area contributed by atoms with Crippen molar-refractivity contribution in [3.8, 4) is 0 Å². The number of carbonyl (C=O) groups is 1. The average Bonchev–Trinajstić information content (AvgIpc) is 3.07. The Kier molecular flexibility index (Phi) is 3.76. The van der Waals surface area contributed by atoms with Crippen LogP contribution in [0.4, 0.5) is 0 Å². The zero-order chi connectivity index (χ0) is 14.2. The van der Waals surface area contributed by atoms with E-state index in [4.69, 9.17) is 0 Å². The smallest absolute Gasteiger partial charge is 0.222 e. The molecule has 4 rings (SSSR count). The Morgan fingerprint density at radius 3 is 2.90 bits per heavy atom. The van der Waals surface area contributed by atoms with Gasteiger partial charge in [-0.25, -0.2) is 0 Å². The molecule has 1 saturated heterocycles. The Labute approximate surface area is 130 Å². The third-order valence-electron chi connectivity index (χ3n) is 5.51. The van der Waals surface area contributed by atoms with E-state index in [1.165, 1.54) is 44.2 Å². The molecule has 0 spiro atoms. The second kappa shape index (κ2) is 5.73. The van der Waals surface area contributed by atoms with Crippen LogP contribution in [0.15, 0.2) is 11.4 Å². The van der Waals surface area contributed by atoms with Gasteiger partial charge in [-0.3, -0.25) is 9.69 Å². The highest BCUT2D eigenvalue weighted by atomic mass is 32.1. The number of rotatable bonds is 3. The molecule has 0 radical (unpaired) electrons. The normalized spacial score (nSPS) is 24.1. The minimum atomic E-state index is 0.409. The van der Waals surface area contributed by atoms with Crippen LogP contribution in [0, 0.1) is 5.92 Å². The Morgan fingerprint density at radius 1 is 1.29 bits per heavy atom. The van der Waals surface area contributed by atoms with Crippen molar-refractivity contribution < 1.29 is 4.79 Å². The van der Waals surface area contributed by atoms with E-state index in [0.717, 1.165) is 26.1 Å². The minimum Gasteiger partial charge on any atom is -0.339 e. The molecule has 1 aromatic rings. The van der Waals surface area contributed by atoms with E-state index in [2.05, 4.69) is 21.2 Å². The van der Waals surface area contributed by atoms with Crippen molar-refractivity contribution in [2.24, 2.45) is 5.92 Å². The predicted octanol–water partition coefficient (Wildman–Crippen LogP) is 2.90. The summed E-state index contributed by atoms with van der Waals surface area (Å²) >= 11 is 1.90. The molecule has 3 aliphatic rings. The third-order valence-corrected chi connectivity index (χ3v) is 6.53. The van der Waals surface area contributed by atoms with E-state index in [1.807, 2.05) is 11.3 Å². The van der Waals surface area contributed by atoms with Gasteiger partial charge in [0, 0.05) is 43.5 Å². The lowest BCUT2D eigenvalue weighted by Gasteiger charge is -2.46.